The van der Waals surface area contributed by atoms with Gasteiger partial charge in [0.25, 0.3) is 5.91 Å². The quantitative estimate of drug-likeness (QED) is 0.769. The first-order valence-corrected chi connectivity index (χ1v) is 9.05. The zero-order valence-electron chi connectivity index (χ0n) is 12.9. The number of aryl methyl sites for hydroxylation is 1. The van der Waals surface area contributed by atoms with Crippen molar-refractivity contribution in [2.75, 3.05) is 29.9 Å². The van der Waals surface area contributed by atoms with E-state index in [4.69, 9.17) is 0 Å². The average Bonchev–Trinajstić information content (AvgIpc) is 2.44. The number of sulfone groups is 1. The van der Waals surface area contributed by atoms with Gasteiger partial charge in [-0.1, -0.05) is 19.9 Å². The number of hydrogen-bond acceptors (Lipinski definition) is 4. The molecule has 0 fully saturated rings. The zero-order valence-corrected chi connectivity index (χ0v) is 13.7. The summed E-state index contributed by atoms with van der Waals surface area (Å²) in [7, 11) is -3.06. The predicted molar refractivity (Wildman–Crippen MR) is 86.6 cm³/mol. The molecule has 0 aliphatic heterocycles. The molecular formula is C15H24N2O3S. The van der Waals surface area contributed by atoms with Gasteiger partial charge in [0.2, 0.25) is 0 Å². The molecule has 1 rings (SSSR count). The first-order chi connectivity index (χ1) is 9.89. The maximum absolute atomic E-state index is 12.2. The highest BCUT2D eigenvalue weighted by Crippen LogP contribution is 2.17. The van der Waals surface area contributed by atoms with E-state index in [1.54, 1.807) is 13.0 Å². The normalized spacial score (nSPS) is 11.2. The van der Waals surface area contributed by atoms with Crippen molar-refractivity contribution in [3.63, 3.8) is 0 Å². The second-order valence-corrected chi connectivity index (χ2v) is 7.44. The van der Waals surface area contributed by atoms with E-state index in [2.05, 4.69) is 17.6 Å². The third-order valence-electron chi connectivity index (χ3n) is 3.12. The molecule has 0 aliphatic rings. The molecule has 2 N–H and O–H groups in total. The van der Waals surface area contributed by atoms with Gasteiger partial charge in [0.15, 0.2) is 9.84 Å². The Balaban J connectivity index is 2.73. The Morgan fingerprint density at radius 2 is 1.90 bits per heavy atom. The van der Waals surface area contributed by atoms with Crippen molar-refractivity contribution in [2.24, 2.45) is 0 Å². The van der Waals surface area contributed by atoms with E-state index in [1.807, 2.05) is 19.1 Å². The predicted octanol–water partition coefficient (Wildman–Crippen LogP) is 1.98. The topological polar surface area (TPSA) is 75.3 Å². The number of rotatable bonds is 8. The van der Waals surface area contributed by atoms with E-state index in [0.717, 1.165) is 24.2 Å². The first-order valence-electron chi connectivity index (χ1n) is 7.22. The summed E-state index contributed by atoms with van der Waals surface area (Å²) in [5.74, 6) is -0.185. The molecule has 0 unspecified atom stereocenters. The molecule has 0 radical (unpaired) electrons. The van der Waals surface area contributed by atoms with Gasteiger partial charge in [-0.25, -0.2) is 8.42 Å². The van der Waals surface area contributed by atoms with Crippen LogP contribution in [0.4, 0.5) is 5.69 Å². The van der Waals surface area contributed by atoms with Crippen LogP contribution in [0.15, 0.2) is 18.2 Å². The number of benzene rings is 1. The third kappa shape index (κ3) is 5.75. The maximum atomic E-state index is 12.2. The number of carbonyl (C=O) groups is 1. The third-order valence-corrected chi connectivity index (χ3v) is 4.83. The van der Waals surface area contributed by atoms with E-state index in [-0.39, 0.29) is 24.0 Å². The van der Waals surface area contributed by atoms with Crippen molar-refractivity contribution in [3.05, 3.63) is 29.3 Å². The largest absolute Gasteiger partial charge is 0.384 e. The molecule has 0 saturated heterocycles. The van der Waals surface area contributed by atoms with Crippen molar-refractivity contribution < 1.29 is 13.2 Å². The summed E-state index contributed by atoms with van der Waals surface area (Å²) in [6, 6.07) is 5.55. The van der Waals surface area contributed by atoms with Gasteiger partial charge in [-0.3, -0.25) is 4.79 Å². The summed E-state index contributed by atoms with van der Waals surface area (Å²) >= 11 is 0. The van der Waals surface area contributed by atoms with Crippen LogP contribution in [0, 0.1) is 6.92 Å². The van der Waals surface area contributed by atoms with Crippen LogP contribution in [-0.4, -0.2) is 38.9 Å². The Hall–Kier alpha value is -1.56. The lowest BCUT2D eigenvalue weighted by atomic mass is 10.1. The molecule has 0 spiro atoms. The number of nitrogens with one attached hydrogen (secondary N) is 2. The summed E-state index contributed by atoms with van der Waals surface area (Å²) in [5, 5.41) is 5.89. The highest BCUT2D eigenvalue weighted by Gasteiger charge is 2.13. The maximum Gasteiger partial charge on any atom is 0.253 e. The van der Waals surface area contributed by atoms with E-state index in [1.165, 1.54) is 0 Å². The molecule has 0 saturated carbocycles. The van der Waals surface area contributed by atoms with Gasteiger partial charge in [0, 0.05) is 24.5 Å². The van der Waals surface area contributed by atoms with Gasteiger partial charge in [-0.2, -0.15) is 0 Å². The minimum Gasteiger partial charge on any atom is -0.384 e. The van der Waals surface area contributed by atoms with Gasteiger partial charge in [-0.05, 0) is 31.0 Å². The van der Waals surface area contributed by atoms with Crippen LogP contribution >= 0.6 is 0 Å². The van der Waals surface area contributed by atoms with Crippen LogP contribution in [0.25, 0.3) is 0 Å². The fourth-order valence-electron chi connectivity index (χ4n) is 1.82. The van der Waals surface area contributed by atoms with Crippen molar-refractivity contribution in [3.8, 4) is 0 Å². The van der Waals surface area contributed by atoms with Crippen LogP contribution in [0.5, 0.6) is 0 Å². The van der Waals surface area contributed by atoms with Gasteiger partial charge >= 0.3 is 0 Å². The molecule has 5 nitrogen and oxygen atoms in total. The van der Waals surface area contributed by atoms with Gasteiger partial charge < -0.3 is 10.6 Å². The van der Waals surface area contributed by atoms with Gasteiger partial charge in [0.05, 0.1) is 11.3 Å². The smallest absolute Gasteiger partial charge is 0.253 e. The molecule has 1 aromatic carbocycles. The van der Waals surface area contributed by atoms with E-state index in [9.17, 15) is 13.2 Å². The Morgan fingerprint density at radius 1 is 1.19 bits per heavy atom. The number of anilines is 1. The molecule has 1 amide bonds. The Bertz CT molecular complexity index is 583. The molecule has 0 atom stereocenters. The lowest BCUT2D eigenvalue weighted by molar-refractivity contribution is 0.0957. The first kappa shape index (κ1) is 17.5. The summed E-state index contributed by atoms with van der Waals surface area (Å²) in [6.07, 6.45) is 0.962. The van der Waals surface area contributed by atoms with Crippen molar-refractivity contribution >= 4 is 21.4 Å². The Labute approximate surface area is 127 Å². The lowest BCUT2D eigenvalue weighted by Crippen LogP contribution is -2.30. The fraction of sp³-hybridized carbons (Fsp3) is 0.533. The summed E-state index contributed by atoms with van der Waals surface area (Å²) < 4.78 is 22.8. The molecule has 0 heterocycles. The monoisotopic (exact) mass is 312 g/mol. The summed E-state index contributed by atoms with van der Waals surface area (Å²) in [4.78, 5) is 12.2. The van der Waals surface area contributed by atoms with Crippen molar-refractivity contribution in [1.29, 1.82) is 0 Å². The molecule has 118 valence electrons. The molecule has 6 heteroatoms. The minimum atomic E-state index is -3.06. The SMILES string of the molecule is CCCNc1cc(C)ccc1C(=O)NCCS(=O)(=O)CC. The molecule has 0 bridgehead atoms. The Morgan fingerprint density at radius 3 is 2.52 bits per heavy atom. The lowest BCUT2D eigenvalue weighted by Gasteiger charge is -2.12. The van der Waals surface area contributed by atoms with Crippen LogP contribution in [-0.2, 0) is 9.84 Å². The van der Waals surface area contributed by atoms with Crippen molar-refractivity contribution in [2.45, 2.75) is 27.2 Å². The fourth-order valence-corrected chi connectivity index (χ4v) is 2.52. The minimum absolute atomic E-state index is 0.0289. The number of carbonyl (C=O) groups excluding carboxylic acids is 1. The zero-order chi connectivity index (χ0) is 15.9. The average molecular weight is 312 g/mol. The molecule has 1 aromatic rings. The van der Waals surface area contributed by atoms with Crippen molar-refractivity contribution in [1.82, 2.24) is 5.32 Å². The van der Waals surface area contributed by atoms with Crippen LogP contribution in [0.3, 0.4) is 0 Å². The molecule has 0 aliphatic carbocycles. The second-order valence-electron chi connectivity index (χ2n) is 4.97. The highest BCUT2D eigenvalue weighted by molar-refractivity contribution is 7.91. The van der Waals surface area contributed by atoms with Crippen LogP contribution < -0.4 is 10.6 Å². The Kier molecular flexibility index (Phi) is 6.68. The molecule has 21 heavy (non-hydrogen) atoms. The summed E-state index contributed by atoms with van der Waals surface area (Å²) in [6.45, 7) is 6.54. The molecular weight excluding hydrogens is 288 g/mol. The second kappa shape index (κ2) is 8.02. The van der Waals surface area contributed by atoms with E-state index < -0.39 is 9.84 Å². The highest BCUT2D eigenvalue weighted by atomic mass is 32.2. The van der Waals surface area contributed by atoms with Gasteiger partial charge in [-0.15, -0.1) is 0 Å². The van der Waals surface area contributed by atoms with E-state index >= 15 is 0 Å². The van der Waals surface area contributed by atoms with Crippen LogP contribution in [0.2, 0.25) is 0 Å². The summed E-state index contributed by atoms with van der Waals surface area (Å²) in [5.41, 5.74) is 2.40. The van der Waals surface area contributed by atoms with E-state index in [0.29, 0.717) is 5.56 Å². The van der Waals surface area contributed by atoms with Crippen LogP contribution in [0.1, 0.15) is 36.2 Å². The van der Waals surface area contributed by atoms with Gasteiger partial charge in [0.1, 0.15) is 0 Å². The molecule has 0 aromatic heterocycles. The number of hydrogen-bond donors (Lipinski definition) is 2. The standard InChI is InChI=1S/C15H24N2O3S/c1-4-8-16-14-11-12(3)6-7-13(14)15(18)17-9-10-21(19,20)5-2/h6-7,11,16H,4-5,8-10H2,1-3H3,(H,17,18). The number of amides is 1.